The van der Waals surface area contributed by atoms with Gasteiger partial charge in [-0.3, -0.25) is 0 Å². The van der Waals surface area contributed by atoms with Crippen LogP contribution in [0.1, 0.15) is 17.3 Å². The normalized spacial score (nSPS) is 12.8. The molecule has 3 aromatic rings. The summed E-state index contributed by atoms with van der Waals surface area (Å²) in [4.78, 5) is 0. The molecule has 0 saturated carbocycles. The average Bonchev–Trinajstić information content (AvgIpc) is 2.87. The Balaban J connectivity index is 2.18. The molecule has 0 fully saturated rings. The minimum absolute atomic E-state index is 0.0915. The first-order valence-electron chi connectivity index (χ1n) is 5.71. The molecule has 90 valence electrons. The van der Waals surface area contributed by atoms with Crippen molar-refractivity contribution in [2.24, 2.45) is 0 Å². The van der Waals surface area contributed by atoms with Gasteiger partial charge in [0.05, 0.1) is 5.38 Å². The Morgan fingerprint density at radius 2 is 1.83 bits per heavy atom. The number of nitrogens with zero attached hydrogens (tertiary/aromatic N) is 2. The van der Waals surface area contributed by atoms with E-state index in [1.165, 1.54) is 10.8 Å². The van der Waals surface area contributed by atoms with Gasteiger partial charge in [-0.2, -0.15) is 0 Å². The molecule has 1 heterocycles. The number of alkyl halides is 1. The van der Waals surface area contributed by atoms with Gasteiger partial charge in [0.1, 0.15) is 10.0 Å². The summed E-state index contributed by atoms with van der Waals surface area (Å²) >= 11 is 7.58. The number of hydrogen-bond acceptors (Lipinski definition) is 3. The van der Waals surface area contributed by atoms with Crippen LogP contribution in [-0.2, 0) is 0 Å². The van der Waals surface area contributed by atoms with Gasteiger partial charge in [0.25, 0.3) is 0 Å². The van der Waals surface area contributed by atoms with Crippen molar-refractivity contribution >= 4 is 33.7 Å². The van der Waals surface area contributed by atoms with Crippen LogP contribution in [0.25, 0.3) is 21.3 Å². The maximum absolute atomic E-state index is 6.03. The molecule has 1 unspecified atom stereocenters. The Labute approximate surface area is 114 Å². The molecule has 4 heteroatoms. The van der Waals surface area contributed by atoms with E-state index in [9.17, 15) is 0 Å². The SMILES string of the molecule is CC(Cl)c1nnc(-c2cccc3ccccc23)s1. The predicted molar refractivity (Wildman–Crippen MR) is 77.1 cm³/mol. The number of benzene rings is 2. The number of rotatable bonds is 2. The van der Waals surface area contributed by atoms with Crippen molar-refractivity contribution in [3.63, 3.8) is 0 Å². The standard InChI is InChI=1S/C14H11ClN2S/c1-9(15)13-16-17-14(18-13)12-8-4-6-10-5-2-3-7-11(10)12/h2-9H,1H3. The second-order valence-corrected chi connectivity index (χ2v) is 5.75. The van der Waals surface area contributed by atoms with E-state index in [1.807, 2.05) is 25.1 Å². The second-order valence-electron chi connectivity index (χ2n) is 4.09. The third-order valence-corrected chi connectivity index (χ3v) is 4.28. The van der Waals surface area contributed by atoms with E-state index in [0.717, 1.165) is 15.6 Å². The van der Waals surface area contributed by atoms with E-state index in [0.29, 0.717) is 0 Å². The van der Waals surface area contributed by atoms with Gasteiger partial charge in [-0.15, -0.1) is 21.8 Å². The zero-order valence-corrected chi connectivity index (χ0v) is 11.4. The van der Waals surface area contributed by atoms with Crippen LogP contribution in [0.15, 0.2) is 42.5 Å². The molecule has 0 aliphatic heterocycles. The third kappa shape index (κ3) is 2.00. The molecule has 1 aromatic heterocycles. The first-order chi connectivity index (χ1) is 8.75. The molecule has 18 heavy (non-hydrogen) atoms. The van der Waals surface area contributed by atoms with Crippen LogP contribution in [0.2, 0.25) is 0 Å². The number of hydrogen-bond donors (Lipinski definition) is 0. The van der Waals surface area contributed by atoms with E-state index in [4.69, 9.17) is 11.6 Å². The Hall–Kier alpha value is -1.45. The van der Waals surface area contributed by atoms with Crippen LogP contribution < -0.4 is 0 Å². The van der Waals surface area contributed by atoms with Gasteiger partial charge in [0.2, 0.25) is 0 Å². The van der Waals surface area contributed by atoms with Gasteiger partial charge in [0.15, 0.2) is 0 Å². The highest BCUT2D eigenvalue weighted by atomic mass is 35.5. The molecule has 2 aromatic carbocycles. The molecule has 0 saturated heterocycles. The van der Waals surface area contributed by atoms with Gasteiger partial charge < -0.3 is 0 Å². The van der Waals surface area contributed by atoms with Gasteiger partial charge >= 0.3 is 0 Å². The van der Waals surface area contributed by atoms with Gasteiger partial charge in [-0.25, -0.2) is 0 Å². The van der Waals surface area contributed by atoms with Crippen LogP contribution in [0.3, 0.4) is 0 Å². The molecule has 3 rings (SSSR count). The molecular formula is C14H11ClN2S. The summed E-state index contributed by atoms with van der Waals surface area (Å²) in [6, 6.07) is 14.5. The summed E-state index contributed by atoms with van der Waals surface area (Å²) in [7, 11) is 0. The summed E-state index contributed by atoms with van der Waals surface area (Å²) in [5.74, 6) is 0. The van der Waals surface area contributed by atoms with Crippen LogP contribution in [-0.4, -0.2) is 10.2 Å². The fourth-order valence-corrected chi connectivity index (χ4v) is 2.91. The van der Waals surface area contributed by atoms with Crippen molar-refractivity contribution in [1.29, 1.82) is 0 Å². The van der Waals surface area contributed by atoms with Crippen molar-refractivity contribution < 1.29 is 0 Å². The maximum Gasteiger partial charge on any atom is 0.148 e. The zero-order chi connectivity index (χ0) is 12.5. The molecule has 0 aliphatic carbocycles. The van der Waals surface area contributed by atoms with Crippen LogP contribution >= 0.6 is 22.9 Å². The monoisotopic (exact) mass is 274 g/mol. The molecule has 0 spiro atoms. The topological polar surface area (TPSA) is 25.8 Å². The molecule has 0 radical (unpaired) electrons. The molecule has 0 bridgehead atoms. The highest BCUT2D eigenvalue weighted by Crippen LogP contribution is 2.33. The van der Waals surface area contributed by atoms with Crippen molar-refractivity contribution in [1.82, 2.24) is 10.2 Å². The molecule has 2 nitrogen and oxygen atoms in total. The average molecular weight is 275 g/mol. The lowest BCUT2D eigenvalue weighted by Gasteiger charge is -2.02. The highest BCUT2D eigenvalue weighted by molar-refractivity contribution is 7.15. The highest BCUT2D eigenvalue weighted by Gasteiger charge is 2.12. The van der Waals surface area contributed by atoms with Crippen molar-refractivity contribution in [2.45, 2.75) is 12.3 Å². The summed E-state index contributed by atoms with van der Waals surface area (Å²) in [6.07, 6.45) is 0. The first kappa shape index (κ1) is 11.6. The Morgan fingerprint density at radius 3 is 2.61 bits per heavy atom. The van der Waals surface area contributed by atoms with Gasteiger partial charge in [-0.1, -0.05) is 53.8 Å². The van der Waals surface area contributed by atoms with Crippen LogP contribution in [0, 0.1) is 0 Å². The fourth-order valence-electron chi connectivity index (χ4n) is 1.92. The molecule has 1 atom stereocenters. The van der Waals surface area contributed by atoms with E-state index >= 15 is 0 Å². The van der Waals surface area contributed by atoms with Crippen LogP contribution in [0.4, 0.5) is 0 Å². The smallest absolute Gasteiger partial charge is 0.142 e. The predicted octanol–water partition coefficient (Wildman–Crippen LogP) is 4.66. The van der Waals surface area contributed by atoms with E-state index in [2.05, 4.69) is 34.5 Å². The van der Waals surface area contributed by atoms with Crippen LogP contribution in [0.5, 0.6) is 0 Å². The second kappa shape index (κ2) is 4.67. The quantitative estimate of drug-likeness (QED) is 0.635. The summed E-state index contributed by atoms with van der Waals surface area (Å²) in [5, 5.41) is 12.5. The van der Waals surface area contributed by atoms with Gasteiger partial charge in [0, 0.05) is 5.56 Å². The van der Waals surface area contributed by atoms with E-state index in [1.54, 1.807) is 11.3 Å². The summed E-state index contributed by atoms with van der Waals surface area (Å²) in [5.41, 5.74) is 1.12. The Morgan fingerprint density at radius 1 is 1.06 bits per heavy atom. The van der Waals surface area contributed by atoms with E-state index < -0.39 is 0 Å². The summed E-state index contributed by atoms with van der Waals surface area (Å²) in [6.45, 7) is 1.91. The number of aromatic nitrogens is 2. The Kier molecular flexibility index (Phi) is 3.02. The van der Waals surface area contributed by atoms with Gasteiger partial charge in [-0.05, 0) is 17.7 Å². The van der Waals surface area contributed by atoms with E-state index in [-0.39, 0.29) is 5.38 Å². The zero-order valence-electron chi connectivity index (χ0n) is 9.80. The third-order valence-electron chi connectivity index (χ3n) is 2.80. The minimum atomic E-state index is -0.0915. The lowest BCUT2D eigenvalue weighted by molar-refractivity contribution is 0.963. The summed E-state index contributed by atoms with van der Waals surface area (Å²) < 4.78 is 0. The largest absolute Gasteiger partial charge is 0.148 e. The lowest BCUT2D eigenvalue weighted by Crippen LogP contribution is -1.81. The first-order valence-corrected chi connectivity index (χ1v) is 6.96. The molecule has 0 aliphatic rings. The number of fused-ring (bicyclic) bond motifs is 1. The maximum atomic E-state index is 6.03. The fraction of sp³-hybridized carbons (Fsp3) is 0.143. The Bertz CT molecular complexity index is 686. The van der Waals surface area contributed by atoms with Crippen molar-refractivity contribution in [2.75, 3.05) is 0 Å². The molecule has 0 N–H and O–H groups in total. The molecular weight excluding hydrogens is 264 g/mol. The number of halogens is 1. The van der Waals surface area contributed by atoms with Crippen molar-refractivity contribution in [3.8, 4) is 10.6 Å². The minimum Gasteiger partial charge on any atom is -0.142 e. The van der Waals surface area contributed by atoms with Crippen molar-refractivity contribution in [3.05, 3.63) is 47.5 Å². The lowest BCUT2D eigenvalue weighted by atomic mass is 10.1. The molecule has 0 amide bonds.